The molecule has 0 saturated heterocycles. The summed E-state index contributed by atoms with van der Waals surface area (Å²) in [5, 5.41) is 6.74. The Morgan fingerprint density at radius 1 is 1.19 bits per heavy atom. The zero-order valence-electron chi connectivity index (χ0n) is 13.6. The Morgan fingerprint density at radius 3 is 2.43 bits per heavy atom. The maximum atomic E-state index is 4.75. The molecule has 2 aliphatic rings. The van der Waals surface area contributed by atoms with Crippen LogP contribution in [-0.4, -0.2) is 47.6 Å². The van der Waals surface area contributed by atoms with Crippen LogP contribution in [0.3, 0.4) is 0 Å². The van der Waals surface area contributed by atoms with E-state index in [-0.39, 0.29) is 0 Å². The summed E-state index contributed by atoms with van der Waals surface area (Å²) in [6.45, 7) is 5.29. The molecule has 0 radical (unpaired) electrons. The zero-order valence-corrected chi connectivity index (χ0v) is 13.6. The van der Waals surface area contributed by atoms with Gasteiger partial charge in [0.15, 0.2) is 0 Å². The Kier molecular flexibility index (Phi) is 4.02. The Bertz CT molecular complexity index is 508. The molecule has 0 aliphatic heterocycles. The minimum atomic E-state index is 0.522. The molecule has 3 rings (SSSR count). The van der Waals surface area contributed by atoms with E-state index in [1.54, 1.807) is 0 Å². The average Bonchev–Trinajstić information content (AvgIpc) is 3.36. The van der Waals surface area contributed by atoms with Gasteiger partial charge < -0.3 is 10.6 Å². The monoisotopic (exact) mass is 289 g/mol. The zero-order chi connectivity index (χ0) is 15.0. The average molecular weight is 289 g/mol. The topological polar surface area (TPSA) is 53.1 Å². The van der Waals surface area contributed by atoms with E-state index in [2.05, 4.69) is 41.4 Å². The molecule has 1 unspecified atom stereocenters. The van der Waals surface area contributed by atoms with Crippen LogP contribution in [0, 0.1) is 6.92 Å². The van der Waals surface area contributed by atoms with Crippen LogP contribution in [0.1, 0.15) is 49.9 Å². The number of hydrogen-bond acceptors (Lipinski definition) is 5. The van der Waals surface area contributed by atoms with Crippen LogP contribution in [0.4, 0.5) is 11.6 Å². The Balaban J connectivity index is 1.69. The molecule has 5 nitrogen and oxygen atoms in total. The number of hydrogen-bond donors (Lipinski definition) is 2. The molecule has 2 fully saturated rings. The van der Waals surface area contributed by atoms with Gasteiger partial charge in [-0.2, -0.15) is 0 Å². The molecule has 0 bridgehead atoms. The van der Waals surface area contributed by atoms with E-state index < -0.39 is 0 Å². The van der Waals surface area contributed by atoms with Crippen molar-refractivity contribution in [2.45, 2.75) is 57.5 Å². The van der Waals surface area contributed by atoms with Gasteiger partial charge in [0.1, 0.15) is 17.5 Å². The van der Waals surface area contributed by atoms with Crippen molar-refractivity contribution in [2.24, 2.45) is 0 Å². The molecule has 1 aromatic heterocycles. The molecule has 21 heavy (non-hydrogen) atoms. The van der Waals surface area contributed by atoms with E-state index in [1.807, 2.05) is 7.05 Å². The minimum absolute atomic E-state index is 0.522. The summed E-state index contributed by atoms with van der Waals surface area (Å²) in [5.74, 6) is 3.52. The number of anilines is 2. The van der Waals surface area contributed by atoms with Crippen molar-refractivity contribution >= 4 is 11.6 Å². The highest BCUT2D eigenvalue weighted by Crippen LogP contribution is 2.39. The van der Waals surface area contributed by atoms with Crippen molar-refractivity contribution in [2.75, 3.05) is 31.3 Å². The van der Waals surface area contributed by atoms with E-state index in [4.69, 9.17) is 4.98 Å². The molecule has 0 aromatic carbocycles. The Morgan fingerprint density at radius 2 is 1.86 bits per heavy atom. The van der Waals surface area contributed by atoms with Crippen LogP contribution in [0.25, 0.3) is 0 Å². The first-order chi connectivity index (χ1) is 10.1. The van der Waals surface area contributed by atoms with Gasteiger partial charge in [0.05, 0.1) is 0 Å². The molecule has 116 valence electrons. The van der Waals surface area contributed by atoms with Crippen molar-refractivity contribution in [1.29, 1.82) is 0 Å². The lowest BCUT2D eigenvalue weighted by molar-refractivity contribution is 0.257. The molecule has 2 saturated carbocycles. The SMILES string of the molecule is CNc1nc(C2CC2)nc(NCC(C)N(C)C2CC2)c1C. The molecule has 2 aliphatic carbocycles. The van der Waals surface area contributed by atoms with E-state index in [0.29, 0.717) is 12.0 Å². The smallest absolute Gasteiger partial charge is 0.136 e. The van der Waals surface area contributed by atoms with Crippen LogP contribution in [-0.2, 0) is 0 Å². The van der Waals surface area contributed by atoms with Gasteiger partial charge in [-0.3, -0.25) is 4.90 Å². The number of aromatic nitrogens is 2. The summed E-state index contributed by atoms with van der Waals surface area (Å²) in [7, 11) is 4.16. The second-order valence-corrected chi connectivity index (χ2v) is 6.55. The fourth-order valence-electron chi connectivity index (χ4n) is 2.70. The van der Waals surface area contributed by atoms with Gasteiger partial charge >= 0.3 is 0 Å². The molecule has 1 atom stereocenters. The highest BCUT2D eigenvalue weighted by Gasteiger charge is 2.30. The van der Waals surface area contributed by atoms with E-state index >= 15 is 0 Å². The summed E-state index contributed by atoms with van der Waals surface area (Å²) in [6, 6.07) is 1.32. The van der Waals surface area contributed by atoms with E-state index in [1.165, 1.54) is 25.7 Å². The largest absolute Gasteiger partial charge is 0.373 e. The van der Waals surface area contributed by atoms with Crippen molar-refractivity contribution in [3.05, 3.63) is 11.4 Å². The summed E-state index contributed by atoms with van der Waals surface area (Å²) < 4.78 is 0. The summed E-state index contributed by atoms with van der Waals surface area (Å²) in [5.41, 5.74) is 1.11. The minimum Gasteiger partial charge on any atom is -0.373 e. The number of rotatable bonds is 7. The summed E-state index contributed by atoms with van der Waals surface area (Å²) >= 11 is 0. The van der Waals surface area contributed by atoms with Crippen LogP contribution < -0.4 is 10.6 Å². The maximum absolute atomic E-state index is 4.75. The number of nitrogens with zero attached hydrogens (tertiary/aromatic N) is 3. The van der Waals surface area contributed by atoms with Crippen LogP contribution in [0.15, 0.2) is 0 Å². The third kappa shape index (κ3) is 3.28. The van der Waals surface area contributed by atoms with E-state index in [9.17, 15) is 0 Å². The fourth-order valence-corrected chi connectivity index (χ4v) is 2.70. The highest BCUT2D eigenvalue weighted by atomic mass is 15.2. The predicted octanol–water partition coefficient (Wildman–Crippen LogP) is 2.60. The van der Waals surface area contributed by atoms with Gasteiger partial charge in [0.2, 0.25) is 0 Å². The first-order valence-corrected chi connectivity index (χ1v) is 8.12. The molecule has 0 amide bonds. The van der Waals surface area contributed by atoms with Crippen LogP contribution in [0.2, 0.25) is 0 Å². The highest BCUT2D eigenvalue weighted by molar-refractivity contribution is 5.57. The lowest BCUT2D eigenvalue weighted by Crippen LogP contribution is -2.36. The van der Waals surface area contributed by atoms with Gasteiger partial charge in [-0.15, -0.1) is 0 Å². The van der Waals surface area contributed by atoms with Crippen molar-refractivity contribution in [3.63, 3.8) is 0 Å². The quantitative estimate of drug-likeness (QED) is 0.808. The molecular weight excluding hydrogens is 262 g/mol. The number of nitrogens with one attached hydrogen (secondary N) is 2. The number of likely N-dealkylation sites (N-methyl/N-ethyl adjacent to an activating group) is 1. The molecule has 1 aromatic rings. The lowest BCUT2D eigenvalue weighted by atomic mass is 10.2. The van der Waals surface area contributed by atoms with Crippen molar-refractivity contribution in [1.82, 2.24) is 14.9 Å². The first kappa shape index (κ1) is 14.6. The standard InChI is InChI=1S/C16H27N5/c1-10(21(4)13-7-8-13)9-18-15-11(2)14(17-3)19-16(20-15)12-5-6-12/h10,12-13H,5-9H2,1-4H3,(H2,17,18,19,20). The summed E-state index contributed by atoms with van der Waals surface area (Å²) in [4.78, 5) is 11.9. The third-order valence-corrected chi connectivity index (χ3v) is 4.73. The molecular formula is C16H27N5. The van der Waals surface area contributed by atoms with Gasteiger partial charge in [-0.1, -0.05) is 0 Å². The second kappa shape index (κ2) is 5.79. The maximum Gasteiger partial charge on any atom is 0.136 e. The molecule has 0 spiro atoms. The lowest BCUT2D eigenvalue weighted by Gasteiger charge is -2.25. The summed E-state index contributed by atoms with van der Waals surface area (Å²) in [6.07, 6.45) is 5.16. The fraction of sp³-hybridized carbons (Fsp3) is 0.750. The normalized spacial score (nSPS) is 19.7. The van der Waals surface area contributed by atoms with Crippen molar-refractivity contribution < 1.29 is 0 Å². The first-order valence-electron chi connectivity index (χ1n) is 8.12. The molecule has 2 N–H and O–H groups in total. The van der Waals surface area contributed by atoms with Crippen molar-refractivity contribution in [3.8, 4) is 0 Å². The molecule has 1 heterocycles. The Hall–Kier alpha value is -1.36. The van der Waals surface area contributed by atoms with Gasteiger partial charge in [0, 0.05) is 37.2 Å². The van der Waals surface area contributed by atoms with Gasteiger partial charge in [-0.25, -0.2) is 9.97 Å². The predicted molar refractivity (Wildman–Crippen MR) is 87.0 cm³/mol. The van der Waals surface area contributed by atoms with Gasteiger partial charge in [0.25, 0.3) is 0 Å². The third-order valence-electron chi connectivity index (χ3n) is 4.73. The molecule has 5 heteroatoms. The Labute approximate surface area is 127 Å². The second-order valence-electron chi connectivity index (χ2n) is 6.55. The van der Waals surface area contributed by atoms with Crippen LogP contribution in [0.5, 0.6) is 0 Å². The van der Waals surface area contributed by atoms with Gasteiger partial charge in [-0.05, 0) is 46.6 Å². The van der Waals surface area contributed by atoms with E-state index in [0.717, 1.165) is 35.6 Å². The van der Waals surface area contributed by atoms with Crippen LogP contribution >= 0.6 is 0 Å².